The number of nitrogens with zero attached hydrogens (tertiary/aromatic N) is 4. The number of hydrogen-bond donors (Lipinski definition) is 1. The van der Waals surface area contributed by atoms with E-state index in [-0.39, 0.29) is 10.6 Å². The summed E-state index contributed by atoms with van der Waals surface area (Å²) < 4.78 is 27.4. The number of fused-ring (bicyclic) bond motifs is 2. The summed E-state index contributed by atoms with van der Waals surface area (Å²) in [5, 5.41) is 15.8. The number of H-pyrrole nitrogens is 1. The molecule has 4 rings (SSSR count). The van der Waals surface area contributed by atoms with E-state index in [0.29, 0.717) is 5.82 Å². The average Bonchev–Trinajstić information content (AvgIpc) is 3.07. The van der Waals surface area contributed by atoms with Gasteiger partial charge >= 0.3 is 0 Å². The topological polar surface area (TPSA) is 93.5 Å². The number of aromatic nitrogens is 5. The highest BCUT2D eigenvalue weighted by Crippen LogP contribution is 2.22. The van der Waals surface area contributed by atoms with Gasteiger partial charge in [-0.2, -0.15) is 5.10 Å². The summed E-state index contributed by atoms with van der Waals surface area (Å²) in [6, 6.07) is 4.99. The van der Waals surface area contributed by atoms with Crippen LogP contribution in [0.2, 0.25) is 0 Å². The summed E-state index contributed by atoms with van der Waals surface area (Å²) in [4.78, 5) is 0.289. The van der Waals surface area contributed by atoms with Crippen molar-refractivity contribution in [3.05, 3.63) is 36.0 Å². The first-order chi connectivity index (χ1) is 11.1. The van der Waals surface area contributed by atoms with Crippen molar-refractivity contribution in [3.63, 3.8) is 0 Å². The Balaban J connectivity index is 1.68. The van der Waals surface area contributed by atoms with Crippen molar-refractivity contribution < 1.29 is 8.42 Å². The first kappa shape index (κ1) is 14.4. The van der Waals surface area contributed by atoms with Crippen LogP contribution in [0, 0.1) is 0 Å². The van der Waals surface area contributed by atoms with Gasteiger partial charge in [0, 0.05) is 18.4 Å². The van der Waals surface area contributed by atoms with E-state index in [2.05, 4.69) is 20.4 Å². The molecule has 3 heterocycles. The van der Waals surface area contributed by atoms with Gasteiger partial charge in [-0.25, -0.2) is 8.42 Å². The largest absolute Gasteiger partial charge is 0.314 e. The third-order valence-electron chi connectivity index (χ3n) is 4.28. The van der Waals surface area contributed by atoms with E-state index < -0.39 is 9.84 Å². The molecule has 1 aromatic carbocycles. The number of rotatable bonds is 3. The predicted molar refractivity (Wildman–Crippen MR) is 84.6 cm³/mol. The molecule has 1 N–H and O–H groups in total. The molecule has 0 fully saturated rings. The monoisotopic (exact) mass is 331 g/mol. The molecule has 3 aromatic rings. The summed E-state index contributed by atoms with van der Waals surface area (Å²) in [5.74, 6) is 1.32. The SMILES string of the molecule is O=S(=O)(Cc1nnc2n1CCCCC2)c1ccc2[nH]ncc2c1. The van der Waals surface area contributed by atoms with Crippen molar-refractivity contribution in [2.24, 2.45) is 0 Å². The van der Waals surface area contributed by atoms with Gasteiger partial charge in [0.25, 0.3) is 0 Å². The minimum atomic E-state index is -3.46. The normalized spacial score (nSPS) is 15.5. The number of sulfone groups is 1. The minimum absolute atomic E-state index is 0.122. The van der Waals surface area contributed by atoms with Gasteiger partial charge in [0.1, 0.15) is 17.4 Å². The van der Waals surface area contributed by atoms with Crippen LogP contribution < -0.4 is 0 Å². The van der Waals surface area contributed by atoms with Gasteiger partial charge in [-0.05, 0) is 31.0 Å². The third-order valence-corrected chi connectivity index (χ3v) is 5.89. The fourth-order valence-electron chi connectivity index (χ4n) is 3.02. The lowest BCUT2D eigenvalue weighted by atomic mass is 10.2. The summed E-state index contributed by atoms with van der Waals surface area (Å²) >= 11 is 0. The zero-order chi connectivity index (χ0) is 15.9. The number of aryl methyl sites for hydroxylation is 1. The quantitative estimate of drug-likeness (QED) is 0.790. The van der Waals surface area contributed by atoms with Crippen LogP contribution in [-0.2, 0) is 28.6 Å². The molecule has 0 bridgehead atoms. The maximum atomic E-state index is 12.7. The lowest BCUT2D eigenvalue weighted by molar-refractivity contribution is 0.584. The van der Waals surface area contributed by atoms with Crippen molar-refractivity contribution in [2.45, 2.75) is 42.9 Å². The summed E-state index contributed by atoms with van der Waals surface area (Å²) in [6.45, 7) is 0.800. The molecule has 0 spiro atoms. The van der Waals surface area contributed by atoms with Crippen LogP contribution >= 0.6 is 0 Å². The molecular formula is C15H17N5O2S. The molecule has 0 unspecified atom stereocenters. The molecule has 1 aliphatic rings. The Morgan fingerprint density at radius 1 is 1.17 bits per heavy atom. The van der Waals surface area contributed by atoms with Crippen molar-refractivity contribution in [3.8, 4) is 0 Å². The van der Waals surface area contributed by atoms with Gasteiger partial charge in [-0.3, -0.25) is 5.10 Å². The number of hydrogen-bond acceptors (Lipinski definition) is 5. The summed E-state index contributed by atoms with van der Waals surface area (Å²) in [5.41, 5.74) is 0.820. The van der Waals surface area contributed by atoms with Crippen molar-refractivity contribution in [2.75, 3.05) is 0 Å². The maximum absolute atomic E-state index is 12.7. The fraction of sp³-hybridized carbons (Fsp3) is 0.400. The molecule has 0 aliphatic carbocycles. The molecule has 7 nitrogen and oxygen atoms in total. The van der Waals surface area contributed by atoms with Crippen LogP contribution in [0.5, 0.6) is 0 Å². The molecule has 0 saturated heterocycles. The molecule has 1 aliphatic heterocycles. The number of nitrogens with one attached hydrogen (secondary N) is 1. The molecule has 0 radical (unpaired) electrons. The van der Waals surface area contributed by atoms with Crippen molar-refractivity contribution in [1.29, 1.82) is 0 Å². The van der Waals surface area contributed by atoms with E-state index in [1.807, 2.05) is 4.57 Å². The number of benzene rings is 1. The van der Waals surface area contributed by atoms with Crippen LogP contribution in [0.3, 0.4) is 0 Å². The average molecular weight is 331 g/mol. The summed E-state index contributed by atoms with van der Waals surface area (Å²) in [6.07, 6.45) is 5.76. The molecule has 2 aromatic heterocycles. The summed E-state index contributed by atoms with van der Waals surface area (Å²) in [7, 11) is -3.46. The van der Waals surface area contributed by atoms with Crippen molar-refractivity contribution >= 4 is 20.7 Å². The van der Waals surface area contributed by atoms with Gasteiger partial charge in [0.15, 0.2) is 9.84 Å². The standard InChI is InChI=1S/C15H17N5O2S/c21-23(22,12-5-6-13-11(8-12)9-16-17-13)10-15-19-18-14-4-2-1-3-7-20(14)15/h5-6,8-9H,1-4,7,10H2,(H,16,17). The van der Waals surface area contributed by atoms with E-state index in [0.717, 1.165) is 49.0 Å². The molecule has 8 heteroatoms. The van der Waals surface area contributed by atoms with Gasteiger partial charge in [0.05, 0.1) is 16.6 Å². The Morgan fingerprint density at radius 2 is 2.09 bits per heavy atom. The zero-order valence-electron chi connectivity index (χ0n) is 12.6. The van der Waals surface area contributed by atoms with Crippen LogP contribution in [0.1, 0.15) is 30.9 Å². The highest BCUT2D eigenvalue weighted by Gasteiger charge is 2.22. The fourth-order valence-corrected chi connectivity index (χ4v) is 4.32. The molecule has 0 saturated carbocycles. The van der Waals surface area contributed by atoms with Crippen LogP contribution in [0.15, 0.2) is 29.3 Å². The third kappa shape index (κ3) is 2.63. The smallest absolute Gasteiger partial charge is 0.185 e. The zero-order valence-corrected chi connectivity index (χ0v) is 13.4. The first-order valence-electron chi connectivity index (χ1n) is 7.70. The van der Waals surface area contributed by atoms with Crippen molar-refractivity contribution in [1.82, 2.24) is 25.0 Å². The second-order valence-electron chi connectivity index (χ2n) is 5.87. The lowest BCUT2D eigenvalue weighted by Gasteiger charge is -2.08. The van der Waals surface area contributed by atoms with E-state index >= 15 is 0 Å². The Bertz CT molecular complexity index is 957. The Labute approximate surface area is 133 Å². The van der Waals surface area contributed by atoms with Gasteiger partial charge in [0.2, 0.25) is 0 Å². The van der Waals surface area contributed by atoms with E-state index in [1.54, 1.807) is 24.4 Å². The highest BCUT2D eigenvalue weighted by molar-refractivity contribution is 7.90. The van der Waals surface area contributed by atoms with Crippen LogP contribution in [0.25, 0.3) is 10.9 Å². The first-order valence-corrected chi connectivity index (χ1v) is 9.35. The molecule has 0 atom stereocenters. The van der Waals surface area contributed by atoms with E-state index in [4.69, 9.17) is 0 Å². The Kier molecular flexibility index (Phi) is 3.41. The molecule has 0 amide bonds. The Morgan fingerprint density at radius 3 is 3.00 bits per heavy atom. The van der Waals surface area contributed by atoms with Gasteiger partial charge in [-0.15, -0.1) is 10.2 Å². The Hall–Kier alpha value is -2.22. The molecule has 120 valence electrons. The second-order valence-corrected chi connectivity index (χ2v) is 7.86. The van der Waals surface area contributed by atoms with E-state index in [9.17, 15) is 8.42 Å². The van der Waals surface area contributed by atoms with Gasteiger partial charge in [-0.1, -0.05) is 6.42 Å². The van der Waals surface area contributed by atoms with Crippen LogP contribution in [0.4, 0.5) is 0 Å². The number of aromatic amines is 1. The van der Waals surface area contributed by atoms with Crippen LogP contribution in [-0.4, -0.2) is 33.4 Å². The molecule has 23 heavy (non-hydrogen) atoms. The van der Waals surface area contributed by atoms with Gasteiger partial charge < -0.3 is 4.57 Å². The molecular weight excluding hydrogens is 314 g/mol. The predicted octanol–water partition coefficient (Wildman–Crippen LogP) is 1.85. The second kappa shape index (κ2) is 5.45. The minimum Gasteiger partial charge on any atom is -0.314 e. The van der Waals surface area contributed by atoms with E-state index in [1.165, 1.54) is 0 Å². The lowest BCUT2D eigenvalue weighted by Crippen LogP contribution is -2.12. The maximum Gasteiger partial charge on any atom is 0.185 e. The highest BCUT2D eigenvalue weighted by atomic mass is 32.2.